The van der Waals surface area contributed by atoms with Crippen molar-refractivity contribution in [2.45, 2.75) is 38.0 Å². The van der Waals surface area contributed by atoms with Crippen LogP contribution in [-0.2, 0) is 6.42 Å². The van der Waals surface area contributed by atoms with E-state index in [-0.39, 0.29) is 5.56 Å². The van der Waals surface area contributed by atoms with Crippen LogP contribution in [-0.4, -0.2) is 11.5 Å². The number of nitrogens with one attached hydrogen (secondary N) is 1. The summed E-state index contributed by atoms with van der Waals surface area (Å²) >= 11 is 0. The molecule has 1 aromatic heterocycles. The van der Waals surface area contributed by atoms with E-state index in [4.69, 9.17) is 5.73 Å². The third-order valence-electron chi connectivity index (χ3n) is 6.46. The van der Waals surface area contributed by atoms with Gasteiger partial charge in [0.25, 0.3) is 0 Å². The molecule has 0 aliphatic heterocycles. The number of aromatic amines is 1. The molecule has 0 saturated heterocycles. The minimum absolute atomic E-state index is 0.0185. The van der Waals surface area contributed by atoms with Gasteiger partial charge in [0, 0.05) is 17.7 Å². The molecule has 150 valence electrons. The molecule has 0 spiro atoms. The van der Waals surface area contributed by atoms with Crippen molar-refractivity contribution in [3.63, 3.8) is 0 Å². The molecule has 4 rings (SSSR count). The summed E-state index contributed by atoms with van der Waals surface area (Å²) in [6, 6.07) is 24.7. The SMILES string of the molecule is NCC1CCC(C(Cc2ccccc2)c2cc(-c3ccccc3)cc(=O)[nH]2)CC1. The highest BCUT2D eigenvalue weighted by molar-refractivity contribution is 5.63. The van der Waals surface area contributed by atoms with Crippen LogP contribution in [0.25, 0.3) is 11.1 Å². The average molecular weight is 387 g/mol. The molecule has 0 amide bonds. The maximum Gasteiger partial charge on any atom is 0.248 e. The van der Waals surface area contributed by atoms with E-state index in [1.54, 1.807) is 6.07 Å². The Morgan fingerprint density at radius 1 is 0.862 bits per heavy atom. The number of rotatable bonds is 6. The highest BCUT2D eigenvalue weighted by Gasteiger charge is 2.29. The number of hydrogen-bond acceptors (Lipinski definition) is 2. The fourth-order valence-electron chi connectivity index (χ4n) is 4.79. The van der Waals surface area contributed by atoms with Crippen molar-refractivity contribution in [2.24, 2.45) is 17.6 Å². The predicted molar refractivity (Wildman–Crippen MR) is 120 cm³/mol. The fourth-order valence-corrected chi connectivity index (χ4v) is 4.79. The molecule has 1 saturated carbocycles. The molecule has 1 aliphatic rings. The zero-order valence-electron chi connectivity index (χ0n) is 16.9. The molecule has 0 radical (unpaired) electrons. The Morgan fingerprint density at radius 2 is 1.52 bits per heavy atom. The molecule has 1 atom stereocenters. The quantitative estimate of drug-likeness (QED) is 0.617. The summed E-state index contributed by atoms with van der Waals surface area (Å²) in [6.07, 6.45) is 5.69. The summed E-state index contributed by atoms with van der Waals surface area (Å²) in [5.41, 5.74) is 10.4. The van der Waals surface area contributed by atoms with Gasteiger partial charge >= 0.3 is 0 Å². The number of hydrogen-bond donors (Lipinski definition) is 2. The molecule has 29 heavy (non-hydrogen) atoms. The zero-order chi connectivity index (χ0) is 20.1. The molecule has 0 bridgehead atoms. The lowest BCUT2D eigenvalue weighted by Crippen LogP contribution is -2.27. The van der Waals surface area contributed by atoms with E-state index in [1.807, 2.05) is 18.2 Å². The summed E-state index contributed by atoms with van der Waals surface area (Å²) in [5, 5.41) is 0. The van der Waals surface area contributed by atoms with E-state index in [9.17, 15) is 4.79 Å². The van der Waals surface area contributed by atoms with Gasteiger partial charge in [0.15, 0.2) is 0 Å². The second kappa shape index (κ2) is 9.23. The number of nitrogens with two attached hydrogens (primary N) is 1. The predicted octanol–water partition coefficient (Wildman–Crippen LogP) is 5.13. The lowest BCUT2D eigenvalue weighted by Gasteiger charge is -2.34. The van der Waals surface area contributed by atoms with Crippen molar-refractivity contribution in [1.29, 1.82) is 0 Å². The Labute approximate surface area is 173 Å². The van der Waals surface area contributed by atoms with E-state index < -0.39 is 0 Å². The Kier molecular flexibility index (Phi) is 6.26. The molecule has 1 heterocycles. The summed E-state index contributed by atoms with van der Waals surface area (Å²) in [4.78, 5) is 15.7. The third-order valence-corrected chi connectivity index (χ3v) is 6.46. The van der Waals surface area contributed by atoms with Crippen LogP contribution >= 0.6 is 0 Å². The molecular formula is C26H30N2O. The molecule has 3 heteroatoms. The number of benzene rings is 2. The van der Waals surface area contributed by atoms with Gasteiger partial charge in [-0.05, 0) is 73.2 Å². The Hall–Kier alpha value is -2.65. The van der Waals surface area contributed by atoms with E-state index in [1.165, 1.54) is 31.2 Å². The van der Waals surface area contributed by atoms with Crippen molar-refractivity contribution < 1.29 is 0 Å². The first-order valence-corrected chi connectivity index (χ1v) is 10.8. The van der Waals surface area contributed by atoms with Gasteiger partial charge in [0.05, 0.1) is 0 Å². The number of aromatic nitrogens is 1. The molecule has 3 N–H and O–H groups in total. The molecular weight excluding hydrogens is 356 g/mol. The maximum atomic E-state index is 12.6. The van der Waals surface area contributed by atoms with Crippen LogP contribution in [0, 0.1) is 11.8 Å². The molecule has 1 unspecified atom stereocenters. The number of pyridine rings is 1. The number of H-pyrrole nitrogens is 1. The monoisotopic (exact) mass is 386 g/mol. The average Bonchev–Trinajstić information content (AvgIpc) is 2.78. The van der Waals surface area contributed by atoms with Crippen LogP contribution in [0.5, 0.6) is 0 Å². The fraction of sp³-hybridized carbons (Fsp3) is 0.346. The second-order valence-corrected chi connectivity index (χ2v) is 8.37. The van der Waals surface area contributed by atoms with E-state index in [0.717, 1.165) is 29.8 Å². The summed E-state index contributed by atoms with van der Waals surface area (Å²) in [5.74, 6) is 1.53. The molecule has 3 nitrogen and oxygen atoms in total. The summed E-state index contributed by atoms with van der Waals surface area (Å²) in [7, 11) is 0. The lowest BCUT2D eigenvalue weighted by molar-refractivity contribution is 0.242. The molecule has 1 fully saturated rings. The van der Waals surface area contributed by atoms with Crippen molar-refractivity contribution in [1.82, 2.24) is 4.98 Å². The normalized spacial score (nSPS) is 20.3. The van der Waals surface area contributed by atoms with Crippen LogP contribution in [0.1, 0.15) is 42.9 Å². The van der Waals surface area contributed by atoms with Gasteiger partial charge in [-0.3, -0.25) is 4.79 Å². The zero-order valence-corrected chi connectivity index (χ0v) is 16.9. The van der Waals surface area contributed by atoms with Gasteiger partial charge in [-0.1, -0.05) is 60.7 Å². The van der Waals surface area contributed by atoms with Crippen LogP contribution in [0.4, 0.5) is 0 Å². The minimum atomic E-state index is -0.0185. The van der Waals surface area contributed by atoms with Gasteiger partial charge in [-0.15, -0.1) is 0 Å². The maximum absolute atomic E-state index is 12.6. The Morgan fingerprint density at radius 3 is 2.17 bits per heavy atom. The van der Waals surface area contributed by atoms with Crippen LogP contribution in [0.2, 0.25) is 0 Å². The van der Waals surface area contributed by atoms with E-state index in [0.29, 0.717) is 17.8 Å². The Bertz CT molecular complexity index is 957. The molecule has 3 aromatic rings. The van der Waals surface area contributed by atoms with Crippen LogP contribution < -0.4 is 11.3 Å². The first kappa shape index (κ1) is 19.7. The van der Waals surface area contributed by atoms with Crippen molar-refractivity contribution in [3.05, 3.63) is 94.4 Å². The Balaban J connectivity index is 1.69. The van der Waals surface area contributed by atoms with Gasteiger partial charge < -0.3 is 10.7 Å². The van der Waals surface area contributed by atoms with Gasteiger partial charge in [-0.25, -0.2) is 0 Å². The highest BCUT2D eigenvalue weighted by atomic mass is 16.1. The van der Waals surface area contributed by atoms with Crippen LogP contribution in [0.3, 0.4) is 0 Å². The topological polar surface area (TPSA) is 58.9 Å². The van der Waals surface area contributed by atoms with Crippen molar-refractivity contribution in [2.75, 3.05) is 6.54 Å². The minimum Gasteiger partial charge on any atom is -0.330 e. The smallest absolute Gasteiger partial charge is 0.248 e. The first-order chi connectivity index (χ1) is 14.2. The van der Waals surface area contributed by atoms with Gasteiger partial charge in [-0.2, -0.15) is 0 Å². The summed E-state index contributed by atoms with van der Waals surface area (Å²) < 4.78 is 0. The first-order valence-electron chi connectivity index (χ1n) is 10.8. The third kappa shape index (κ3) is 4.86. The van der Waals surface area contributed by atoms with Crippen molar-refractivity contribution in [3.8, 4) is 11.1 Å². The molecule has 2 aromatic carbocycles. The van der Waals surface area contributed by atoms with E-state index >= 15 is 0 Å². The van der Waals surface area contributed by atoms with E-state index in [2.05, 4.69) is 53.5 Å². The summed E-state index contributed by atoms with van der Waals surface area (Å²) in [6.45, 7) is 0.788. The largest absolute Gasteiger partial charge is 0.330 e. The van der Waals surface area contributed by atoms with Gasteiger partial charge in [0.1, 0.15) is 0 Å². The standard InChI is InChI=1S/C26H30N2O/c27-18-20-11-13-22(14-12-20)24(15-19-7-3-1-4-8-19)25-16-23(17-26(29)28-25)21-9-5-2-6-10-21/h1-10,16-17,20,22,24H,11-15,18,27H2,(H,28,29). The lowest BCUT2D eigenvalue weighted by atomic mass is 9.72. The van der Waals surface area contributed by atoms with Crippen molar-refractivity contribution >= 4 is 0 Å². The second-order valence-electron chi connectivity index (χ2n) is 8.37. The van der Waals surface area contributed by atoms with Crippen LogP contribution in [0.15, 0.2) is 77.6 Å². The highest BCUT2D eigenvalue weighted by Crippen LogP contribution is 2.39. The molecule has 1 aliphatic carbocycles. The van der Waals surface area contributed by atoms with Gasteiger partial charge in [0.2, 0.25) is 5.56 Å².